The van der Waals surface area contributed by atoms with Crippen molar-refractivity contribution < 1.29 is 9.90 Å². The molecule has 0 saturated carbocycles. The Morgan fingerprint density at radius 2 is 2.36 bits per heavy atom. The van der Waals surface area contributed by atoms with E-state index in [-0.39, 0.29) is 18.4 Å². The Kier molecular flexibility index (Phi) is 4.90. The number of carbonyl (C=O) groups excluding carboxylic acids is 1. The number of hydrogen-bond acceptors (Lipinski definition) is 3. The fraction of sp³-hybridized carbons (Fsp3) is 0.900. The number of nitrogens with zero attached hydrogens (tertiary/aromatic N) is 1. The summed E-state index contributed by atoms with van der Waals surface area (Å²) in [6, 6.07) is 0. The number of nitrogens with two attached hydrogens (primary N) is 1. The molecule has 0 radical (unpaired) electrons. The van der Waals surface area contributed by atoms with E-state index in [2.05, 4.69) is 0 Å². The summed E-state index contributed by atoms with van der Waals surface area (Å²) in [5, 5.41) is 9.01. The first-order valence-corrected chi connectivity index (χ1v) is 5.36. The minimum Gasteiger partial charge on any atom is -0.396 e. The van der Waals surface area contributed by atoms with Crippen LogP contribution in [0, 0.1) is 5.92 Å². The summed E-state index contributed by atoms with van der Waals surface area (Å²) in [5.41, 5.74) is 5.35. The number of likely N-dealkylation sites (tertiary alicyclic amines) is 1. The van der Waals surface area contributed by atoms with Crippen LogP contribution in [0.15, 0.2) is 0 Å². The van der Waals surface area contributed by atoms with Crippen molar-refractivity contribution in [2.75, 3.05) is 26.2 Å². The SMILES string of the molecule is NCCCC(=O)N1CCCC(CO)C1. The van der Waals surface area contributed by atoms with Crippen LogP contribution in [0.5, 0.6) is 0 Å². The zero-order valence-electron chi connectivity index (χ0n) is 8.61. The third-order valence-corrected chi connectivity index (χ3v) is 2.72. The molecule has 4 nitrogen and oxygen atoms in total. The molecule has 1 amide bonds. The number of aliphatic hydroxyl groups excluding tert-OH is 1. The van der Waals surface area contributed by atoms with Crippen molar-refractivity contribution >= 4 is 5.91 Å². The first-order valence-electron chi connectivity index (χ1n) is 5.36. The van der Waals surface area contributed by atoms with Gasteiger partial charge in [0.25, 0.3) is 0 Å². The highest BCUT2D eigenvalue weighted by Gasteiger charge is 2.22. The van der Waals surface area contributed by atoms with Crippen LogP contribution in [0.2, 0.25) is 0 Å². The Balaban J connectivity index is 2.31. The van der Waals surface area contributed by atoms with Crippen molar-refractivity contribution in [2.45, 2.75) is 25.7 Å². The number of piperidine rings is 1. The number of hydrogen-bond donors (Lipinski definition) is 2. The Morgan fingerprint density at radius 1 is 1.57 bits per heavy atom. The van der Waals surface area contributed by atoms with Gasteiger partial charge in [0.1, 0.15) is 0 Å². The molecule has 1 unspecified atom stereocenters. The van der Waals surface area contributed by atoms with Crippen molar-refractivity contribution in [2.24, 2.45) is 11.7 Å². The number of aliphatic hydroxyl groups is 1. The zero-order chi connectivity index (χ0) is 10.4. The van der Waals surface area contributed by atoms with Gasteiger partial charge >= 0.3 is 0 Å². The van der Waals surface area contributed by atoms with Crippen molar-refractivity contribution in [3.05, 3.63) is 0 Å². The quantitative estimate of drug-likeness (QED) is 0.669. The lowest BCUT2D eigenvalue weighted by Gasteiger charge is -2.31. The molecule has 4 heteroatoms. The molecule has 1 aliphatic rings. The molecule has 0 aliphatic carbocycles. The van der Waals surface area contributed by atoms with Crippen molar-refractivity contribution in [3.8, 4) is 0 Å². The molecule has 1 fully saturated rings. The predicted molar refractivity (Wildman–Crippen MR) is 54.7 cm³/mol. The minimum absolute atomic E-state index is 0.189. The van der Waals surface area contributed by atoms with Crippen molar-refractivity contribution in [1.82, 2.24) is 4.90 Å². The summed E-state index contributed by atoms with van der Waals surface area (Å²) in [6.07, 6.45) is 3.37. The molecular weight excluding hydrogens is 180 g/mol. The molecule has 14 heavy (non-hydrogen) atoms. The van der Waals surface area contributed by atoms with E-state index >= 15 is 0 Å². The monoisotopic (exact) mass is 200 g/mol. The molecule has 0 aromatic heterocycles. The smallest absolute Gasteiger partial charge is 0.222 e. The molecule has 0 spiro atoms. The van der Waals surface area contributed by atoms with Crippen LogP contribution >= 0.6 is 0 Å². The normalized spacial score (nSPS) is 22.4. The van der Waals surface area contributed by atoms with Crippen LogP contribution < -0.4 is 5.73 Å². The highest BCUT2D eigenvalue weighted by molar-refractivity contribution is 5.76. The molecular formula is C10H20N2O2. The van der Waals surface area contributed by atoms with E-state index in [1.54, 1.807) is 0 Å². The summed E-state index contributed by atoms with van der Waals surface area (Å²) in [5.74, 6) is 0.471. The number of rotatable bonds is 4. The molecule has 0 aromatic rings. The molecule has 1 heterocycles. The van der Waals surface area contributed by atoms with Gasteiger partial charge in [0.2, 0.25) is 5.91 Å². The van der Waals surface area contributed by atoms with E-state index < -0.39 is 0 Å². The average molecular weight is 200 g/mol. The third kappa shape index (κ3) is 3.27. The van der Waals surface area contributed by atoms with E-state index in [1.807, 2.05) is 4.90 Å². The molecule has 0 aromatic carbocycles. The lowest BCUT2D eigenvalue weighted by atomic mass is 9.99. The number of carbonyl (C=O) groups is 1. The highest BCUT2D eigenvalue weighted by Crippen LogP contribution is 2.16. The van der Waals surface area contributed by atoms with Gasteiger partial charge < -0.3 is 15.7 Å². The van der Waals surface area contributed by atoms with E-state index in [0.29, 0.717) is 13.0 Å². The van der Waals surface area contributed by atoms with Gasteiger partial charge in [0.15, 0.2) is 0 Å². The first kappa shape index (κ1) is 11.5. The highest BCUT2D eigenvalue weighted by atomic mass is 16.3. The summed E-state index contributed by atoms with van der Waals surface area (Å²) >= 11 is 0. The lowest BCUT2D eigenvalue weighted by molar-refractivity contribution is -0.133. The second-order valence-electron chi connectivity index (χ2n) is 3.92. The molecule has 3 N–H and O–H groups in total. The maximum Gasteiger partial charge on any atom is 0.222 e. The van der Waals surface area contributed by atoms with Crippen LogP contribution in [0.3, 0.4) is 0 Å². The second kappa shape index (κ2) is 5.98. The van der Waals surface area contributed by atoms with Crippen LogP contribution in [0.1, 0.15) is 25.7 Å². The standard InChI is InChI=1S/C10H20N2O2/c11-5-1-4-10(14)12-6-2-3-9(7-12)8-13/h9,13H,1-8,11H2. The Morgan fingerprint density at radius 3 is 3.00 bits per heavy atom. The first-order chi connectivity index (χ1) is 6.77. The molecule has 1 saturated heterocycles. The molecule has 82 valence electrons. The molecule has 1 aliphatic heterocycles. The van der Waals surface area contributed by atoms with Gasteiger partial charge in [-0.25, -0.2) is 0 Å². The fourth-order valence-corrected chi connectivity index (χ4v) is 1.85. The topological polar surface area (TPSA) is 66.6 Å². The molecule has 1 rings (SSSR count). The van der Waals surface area contributed by atoms with Crippen LogP contribution in [0.4, 0.5) is 0 Å². The Labute approximate surface area is 85.1 Å². The van der Waals surface area contributed by atoms with Crippen LogP contribution in [-0.4, -0.2) is 42.2 Å². The third-order valence-electron chi connectivity index (χ3n) is 2.72. The maximum atomic E-state index is 11.6. The van der Waals surface area contributed by atoms with E-state index in [0.717, 1.165) is 32.4 Å². The average Bonchev–Trinajstić information content (AvgIpc) is 2.26. The summed E-state index contributed by atoms with van der Waals surface area (Å²) in [6.45, 7) is 2.34. The van der Waals surface area contributed by atoms with Gasteiger partial charge in [-0.3, -0.25) is 4.79 Å². The maximum absolute atomic E-state index is 11.6. The summed E-state index contributed by atoms with van der Waals surface area (Å²) < 4.78 is 0. The van der Waals surface area contributed by atoms with E-state index in [1.165, 1.54) is 0 Å². The Hall–Kier alpha value is -0.610. The molecule has 1 atom stereocenters. The van der Waals surface area contributed by atoms with Gasteiger partial charge in [-0.15, -0.1) is 0 Å². The second-order valence-corrected chi connectivity index (χ2v) is 3.92. The van der Waals surface area contributed by atoms with Gasteiger partial charge in [-0.1, -0.05) is 0 Å². The number of amides is 1. The zero-order valence-corrected chi connectivity index (χ0v) is 8.61. The van der Waals surface area contributed by atoms with Crippen molar-refractivity contribution in [3.63, 3.8) is 0 Å². The summed E-state index contributed by atoms with van der Waals surface area (Å²) in [4.78, 5) is 13.5. The van der Waals surface area contributed by atoms with Crippen molar-refractivity contribution in [1.29, 1.82) is 0 Å². The van der Waals surface area contributed by atoms with Gasteiger partial charge in [-0.05, 0) is 31.7 Å². The van der Waals surface area contributed by atoms with Gasteiger partial charge in [0, 0.05) is 26.1 Å². The largest absolute Gasteiger partial charge is 0.396 e. The Bertz CT molecular complexity index is 185. The fourth-order valence-electron chi connectivity index (χ4n) is 1.85. The van der Waals surface area contributed by atoms with E-state index in [4.69, 9.17) is 10.8 Å². The van der Waals surface area contributed by atoms with Crippen LogP contribution in [-0.2, 0) is 4.79 Å². The minimum atomic E-state index is 0.189. The molecule has 0 bridgehead atoms. The predicted octanol–water partition coefficient (Wildman–Crippen LogP) is -0.0438. The van der Waals surface area contributed by atoms with Gasteiger partial charge in [0.05, 0.1) is 0 Å². The van der Waals surface area contributed by atoms with E-state index in [9.17, 15) is 4.79 Å². The van der Waals surface area contributed by atoms with Gasteiger partial charge in [-0.2, -0.15) is 0 Å². The van der Waals surface area contributed by atoms with Crippen LogP contribution in [0.25, 0.3) is 0 Å². The lowest BCUT2D eigenvalue weighted by Crippen LogP contribution is -2.40. The summed E-state index contributed by atoms with van der Waals surface area (Å²) in [7, 11) is 0.